The lowest BCUT2D eigenvalue weighted by molar-refractivity contribution is -0.00230. The van der Waals surface area contributed by atoms with Crippen molar-refractivity contribution < 1.29 is 33.3 Å². The first-order valence-electron chi connectivity index (χ1n) is 14.1. The fraction of sp³-hybridized carbons (Fsp3) is 0.312. The van der Waals surface area contributed by atoms with Gasteiger partial charge in [-0.3, -0.25) is 9.78 Å². The molecule has 4 rings (SSSR count). The van der Waals surface area contributed by atoms with Crippen molar-refractivity contribution in [3.63, 3.8) is 0 Å². The van der Waals surface area contributed by atoms with Crippen molar-refractivity contribution in [3.8, 4) is 0 Å². The molecule has 4 aromatic rings. The van der Waals surface area contributed by atoms with E-state index in [1.54, 1.807) is 26.4 Å². The second kappa shape index (κ2) is 17.9. The highest BCUT2D eigenvalue weighted by molar-refractivity contribution is 7.99. The van der Waals surface area contributed by atoms with Crippen LogP contribution in [0.1, 0.15) is 21.7 Å². The Kier molecular flexibility index (Phi) is 13.4. The van der Waals surface area contributed by atoms with E-state index in [4.69, 9.17) is 23.7 Å². The molecule has 0 aliphatic carbocycles. The molecular formula is C32H36N4O7S. The number of fused-ring (bicyclic) bond motifs is 1. The first-order chi connectivity index (χ1) is 21.6. The van der Waals surface area contributed by atoms with E-state index >= 15 is 0 Å². The van der Waals surface area contributed by atoms with Crippen molar-refractivity contribution in [2.45, 2.75) is 9.79 Å². The molecule has 1 amide bonds. The van der Waals surface area contributed by atoms with Gasteiger partial charge in [0.25, 0.3) is 5.91 Å². The van der Waals surface area contributed by atoms with E-state index in [0.717, 1.165) is 20.9 Å². The summed E-state index contributed by atoms with van der Waals surface area (Å²) in [6.07, 6.45) is 4.73. The summed E-state index contributed by atoms with van der Waals surface area (Å²) in [4.78, 5) is 31.5. The van der Waals surface area contributed by atoms with Crippen molar-refractivity contribution >= 4 is 46.8 Å². The predicted octanol–water partition coefficient (Wildman–Crippen LogP) is 4.79. The second-order valence-corrected chi connectivity index (χ2v) is 10.3. The molecule has 12 heteroatoms. The predicted molar refractivity (Wildman–Crippen MR) is 168 cm³/mol. The summed E-state index contributed by atoms with van der Waals surface area (Å²) in [7, 11) is 3.22. The molecule has 0 atom stereocenters. The molecule has 0 spiro atoms. The number of benzene rings is 2. The lowest BCUT2D eigenvalue weighted by atomic mass is 10.2. The van der Waals surface area contributed by atoms with E-state index in [1.807, 2.05) is 66.7 Å². The maximum atomic E-state index is 13.2. The summed E-state index contributed by atoms with van der Waals surface area (Å²) in [5, 5.41) is 8.00. The van der Waals surface area contributed by atoms with Crippen LogP contribution >= 0.6 is 11.8 Å². The van der Waals surface area contributed by atoms with Crippen LogP contribution in [0.5, 0.6) is 0 Å². The van der Waals surface area contributed by atoms with E-state index in [0.29, 0.717) is 56.4 Å². The zero-order chi connectivity index (χ0) is 31.0. The highest BCUT2D eigenvalue weighted by Gasteiger charge is 2.18. The van der Waals surface area contributed by atoms with Gasteiger partial charge in [0, 0.05) is 35.5 Å². The van der Waals surface area contributed by atoms with Gasteiger partial charge in [0.15, 0.2) is 0 Å². The standard InChI is InChI=1S/C32H36N4O7S/c1-33-31(37)27-8-3-4-9-30(27)44-25-11-12-26-28(13-10-24-7-5-6-14-34-24)35-36(29(26)23-25)32(38)43-22-21-42-20-19-41-18-17-40-16-15-39-2/h3-14,23H,15-22H2,1-2H3,(H,33,37)/b13-10+. The van der Waals surface area contributed by atoms with Crippen molar-refractivity contribution in [1.82, 2.24) is 20.1 Å². The number of hydrogen-bond acceptors (Lipinski definition) is 10. The van der Waals surface area contributed by atoms with Gasteiger partial charge in [-0.15, -0.1) is 0 Å². The summed E-state index contributed by atoms with van der Waals surface area (Å²) in [5.74, 6) is -0.175. The number of methoxy groups -OCH3 is 1. The molecule has 0 radical (unpaired) electrons. The SMILES string of the molecule is CNC(=O)c1ccccc1Sc1ccc2c(/C=C/c3ccccn3)nn(C(=O)OCCOCCOCCOCCOC)c2c1. The third kappa shape index (κ3) is 9.73. The average molecular weight is 621 g/mol. The number of carbonyl (C=O) groups is 2. The van der Waals surface area contributed by atoms with Crippen LogP contribution in [0, 0.1) is 0 Å². The summed E-state index contributed by atoms with van der Waals surface area (Å²) < 4.78 is 28.0. The molecular weight excluding hydrogens is 584 g/mol. The normalized spacial score (nSPS) is 11.3. The lowest BCUT2D eigenvalue weighted by Gasteiger charge is -2.09. The highest BCUT2D eigenvalue weighted by Crippen LogP contribution is 2.33. The number of rotatable bonds is 17. The number of carbonyl (C=O) groups excluding carboxylic acids is 2. The smallest absolute Gasteiger partial charge is 0.435 e. The molecule has 232 valence electrons. The van der Waals surface area contributed by atoms with Crippen LogP contribution in [0.4, 0.5) is 4.79 Å². The van der Waals surface area contributed by atoms with Gasteiger partial charge in [0.1, 0.15) is 6.61 Å². The Balaban J connectivity index is 1.42. The molecule has 1 N–H and O–H groups in total. The number of nitrogens with zero attached hydrogens (tertiary/aromatic N) is 3. The van der Waals surface area contributed by atoms with Crippen molar-refractivity contribution in [2.75, 3.05) is 67.0 Å². The molecule has 2 heterocycles. The van der Waals surface area contributed by atoms with Crippen LogP contribution in [0.15, 0.2) is 76.7 Å². The van der Waals surface area contributed by atoms with Gasteiger partial charge in [0.05, 0.1) is 68.7 Å². The van der Waals surface area contributed by atoms with Crippen LogP contribution < -0.4 is 5.32 Å². The number of amides is 1. The minimum Gasteiger partial charge on any atom is -0.445 e. The third-order valence-electron chi connectivity index (χ3n) is 6.17. The van der Waals surface area contributed by atoms with E-state index in [2.05, 4.69) is 15.4 Å². The molecule has 0 saturated carbocycles. The minimum atomic E-state index is -0.631. The number of aromatic nitrogens is 3. The van der Waals surface area contributed by atoms with Gasteiger partial charge >= 0.3 is 6.09 Å². The fourth-order valence-electron chi connectivity index (χ4n) is 4.02. The van der Waals surface area contributed by atoms with Gasteiger partial charge < -0.3 is 29.0 Å². The summed E-state index contributed by atoms with van der Waals surface area (Å²) >= 11 is 1.42. The zero-order valence-corrected chi connectivity index (χ0v) is 25.6. The Morgan fingerprint density at radius 3 is 2.27 bits per heavy atom. The van der Waals surface area contributed by atoms with Crippen LogP contribution in [0.3, 0.4) is 0 Å². The van der Waals surface area contributed by atoms with Gasteiger partial charge in [0.2, 0.25) is 0 Å². The van der Waals surface area contributed by atoms with Crippen LogP contribution in [0.2, 0.25) is 0 Å². The summed E-state index contributed by atoms with van der Waals surface area (Å²) in [6, 6.07) is 18.7. The van der Waals surface area contributed by atoms with Gasteiger partial charge in [-0.1, -0.05) is 30.0 Å². The quantitative estimate of drug-likeness (QED) is 0.165. The maximum Gasteiger partial charge on any atom is 0.435 e. The highest BCUT2D eigenvalue weighted by atomic mass is 32.2. The Bertz CT molecular complexity index is 1530. The number of pyridine rings is 1. The molecule has 2 aromatic heterocycles. The van der Waals surface area contributed by atoms with Crippen molar-refractivity contribution in [1.29, 1.82) is 0 Å². The largest absolute Gasteiger partial charge is 0.445 e. The molecule has 0 aliphatic rings. The van der Waals surface area contributed by atoms with E-state index in [1.165, 1.54) is 16.4 Å². The van der Waals surface area contributed by atoms with Crippen molar-refractivity contribution in [2.24, 2.45) is 0 Å². The Morgan fingerprint density at radius 1 is 0.864 bits per heavy atom. The van der Waals surface area contributed by atoms with Crippen LogP contribution in [-0.2, 0) is 23.7 Å². The van der Waals surface area contributed by atoms with Crippen LogP contribution in [0.25, 0.3) is 23.1 Å². The molecule has 0 aliphatic heterocycles. The lowest BCUT2D eigenvalue weighted by Crippen LogP contribution is -2.19. The zero-order valence-electron chi connectivity index (χ0n) is 24.8. The first kappa shape index (κ1) is 32.8. The molecule has 44 heavy (non-hydrogen) atoms. The fourth-order valence-corrected chi connectivity index (χ4v) is 5.00. The number of nitrogens with one attached hydrogen (secondary N) is 1. The first-order valence-corrected chi connectivity index (χ1v) is 14.9. The topological polar surface area (TPSA) is 123 Å². The summed E-state index contributed by atoms with van der Waals surface area (Å²) in [6.45, 7) is 3.05. The summed E-state index contributed by atoms with van der Waals surface area (Å²) in [5.41, 5.74) is 2.48. The van der Waals surface area contributed by atoms with Gasteiger partial charge in [-0.05, 0) is 54.6 Å². The molecule has 11 nitrogen and oxygen atoms in total. The average Bonchev–Trinajstić information content (AvgIpc) is 3.42. The Hall–Kier alpha value is -4.07. The second-order valence-electron chi connectivity index (χ2n) is 9.19. The molecule has 0 fully saturated rings. The van der Waals surface area contributed by atoms with Crippen LogP contribution in [-0.4, -0.2) is 93.8 Å². The Morgan fingerprint density at radius 2 is 1.57 bits per heavy atom. The molecule has 0 unspecified atom stereocenters. The monoisotopic (exact) mass is 620 g/mol. The van der Waals surface area contributed by atoms with E-state index in [-0.39, 0.29) is 19.1 Å². The Labute approximate surface area is 260 Å². The van der Waals surface area contributed by atoms with Gasteiger partial charge in [-0.2, -0.15) is 9.78 Å². The maximum absolute atomic E-state index is 13.2. The van der Waals surface area contributed by atoms with Crippen molar-refractivity contribution in [3.05, 3.63) is 83.8 Å². The van der Waals surface area contributed by atoms with Gasteiger partial charge in [-0.25, -0.2) is 4.79 Å². The molecule has 2 aromatic carbocycles. The third-order valence-corrected chi connectivity index (χ3v) is 7.23. The van der Waals surface area contributed by atoms with E-state index < -0.39 is 6.09 Å². The minimum absolute atomic E-state index is 0.0490. The molecule has 0 bridgehead atoms. The number of ether oxygens (including phenoxy) is 5. The molecule has 0 saturated heterocycles. The number of hydrogen-bond donors (Lipinski definition) is 1. The van der Waals surface area contributed by atoms with E-state index in [9.17, 15) is 9.59 Å².